The average molecular weight is 262 g/mol. The molecule has 0 fully saturated rings. The zero-order chi connectivity index (χ0) is 14.4. The van der Waals surface area contributed by atoms with E-state index in [9.17, 15) is 9.59 Å². The van der Waals surface area contributed by atoms with Gasteiger partial charge in [-0.25, -0.2) is 0 Å². The zero-order valence-corrected chi connectivity index (χ0v) is 11.6. The zero-order valence-electron chi connectivity index (χ0n) is 11.6. The molecule has 4 heteroatoms. The summed E-state index contributed by atoms with van der Waals surface area (Å²) in [6.45, 7) is 4.37. The Morgan fingerprint density at radius 2 is 1.79 bits per heavy atom. The van der Waals surface area contributed by atoms with E-state index in [0.29, 0.717) is 5.92 Å². The molecule has 1 rings (SSSR count). The summed E-state index contributed by atoms with van der Waals surface area (Å²) >= 11 is 0. The maximum Gasteiger partial charge on any atom is 0.249 e. The molecule has 0 atom stereocenters. The lowest BCUT2D eigenvalue weighted by atomic mass is 9.95. The van der Waals surface area contributed by atoms with Crippen LogP contribution in [0.5, 0.6) is 0 Å². The van der Waals surface area contributed by atoms with E-state index < -0.39 is 11.8 Å². The number of hydrogen-bond acceptors (Lipinski definition) is 2. The molecule has 1 aromatic rings. The van der Waals surface area contributed by atoms with Gasteiger partial charge in [0.25, 0.3) is 0 Å². The molecule has 0 aliphatic rings. The smallest absolute Gasteiger partial charge is 0.249 e. The van der Waals surface area contributed by atoms with Gasteiger partial charge in [0, 0.05) is 0 Å². The van der Waals surface area contributed by atoms with Crippen molar-refractivity contribution in [2.24, 2.45) is 17.4 Å². The van der Waals surface area contributed by atoms with Crippen molar-refractivity contribution in [2.75, 3.05) is 0 Å². The highest BCUT2D eigenvalue weighted by molar-refractivity contribution is 6.07. The molecule has 0 unspecified atom stereocenters. The fourth-order valence-corrected chi connectivity index (χ4v) is 2.17. The molecule has 0 bridgehead atoms. The normalized spacial score (nSPS) is 10.7. The van der Waals surface area contributed by atoms with Crippen LogP contribution in [0, 0.1) is 5.92 Å². The van der Waals surface area contributed by atoms with Crippen molar-refractivity contribution < 1.29 is 9.59 Å². The van der Waals surface area contributed by atoms with Gasteiger partial charge in [0.1, 0.15) is 0 Å². The summed E-state index contributed by atoms with van der Waals surface area (Å²) in [7, 11) is 0. The fraction of sp³-hybridized carbons (Fsp3) is 0.467. The summed E-state index contributed by atoms with van der Waals surface area (Å²) in [5.74, 6) is -0.529. The molecule has 2 amide bonds. The van der Waals surface area contributed by atoms with Crippen molar-refractivity contribution >= 4 is 11.8 Å². The van der Waals surface area contributed by atoms with Crippen molar-refractivity contribution in [3.63, 3.8) is 0 Å². The first-order valence-electron chi connectivity index (χ1n) is 6.65. The second-order valence-corrected chi connectivity index (χ2v) is 5.21. The minimum Gasteiger partial charge on any atom is -0.366 e. The highest BCUT2D eigenvalue weighted by atomic mass is 16.2. The molecule has 19 heavy (non-hydrogen) atoms. The molecule has 0 aliphatic carbocycles. The lowest BCUT2D eigenvalue weighted by Crippen LogP contribution is -2.22. The number of carbonyl (C=O) groups excluding carboxylic acids is 2. The minimum atomic E-state index is -0.613. The molecule has 104 valence electrons. The van der Waals surface area contributed by atoms with E-state index in [2.05, 4.69) is 13.8 Å². The Hall–Kier alpha value is -1.84. The summed E-state index contributed by atoms with van der Waals surface area (Å²) in [5, 5.41) is 0. The van der Waals surface area contributed by atoms with Crippen LogP contribution in [-0.4, -0.2) is 11.8 Å². The first kappa shape index (κ1) is 15.2. The van der Waals surface area contributed by atoms with Crippen LogP contribution < -0.4 is 11.5 Å². The van der Waals surface area contributed by atoms with Crippen molar-refractivity contribution in [1.82, 2.24) is 0 Å². The minimum absolute atomic E-state index is 0.217. The number of aryl methyl sites for hydroxylation is 1. The molecule has 4 N–H and O–H groups in total. The predicted octanol–water partition coefficient (Wildman–Crippen LogP) is 2.25. The maximum absolute atomic E-state index is 11.5. The molecular weight excluding hydrogens is 240 g/mol. The van der Waals surface area contributed by atoms with Gasteiger partial charge in [0.15, 0.2) is 0 Å². The number of amides is 2. The third-order valence-corrected chi connectivity index (χ3v) is 3.14. The first-order valence-corrected chi connectivity index (χ1v) is 6.65. The molecule has 0 radical (unpaired) electrons. The predicted molar refractivity (Wildman–Crippen MR) is 75.9 cm³/mol. The molecular formula is C15H22N2O2. The molecule has 0 aliphatic heterocycles. The van der Waals surface area contributed by atoms with Crippen molar-refractivity contribution in [3.8, 4) is 0 Å². The van der Waals surface area contributed by atoms with Crippen LogP contribution in [0.2, 0.25) is 0 Å². The Labute approximate surface area is 114 Å². The number of hydrogen-bond donors (Lipinski definition) is 2. The van der Waals surface area contributed by atoms with E-state index in [1.165, 1.54) is 0 Å². The fourth-order valence-electron chi connectivity index (χ4n) is 2.17. The Kier molecular flexibility index (Phi) is 5.55. The van der Waals surface area contributed by atoms with Crippen LogP contribution in [0.1, 0.15) is 59.4 Å². The lowest BCUT2D eigenvalue weighted by molar-refractivity contribution is 0.0966. The van der Waals surface area contributed by atoms with Gasteiger partial charge in [-0.3, -0.25) is 9.59 Å². The number of rotatable bonds is 7. The quantitative estimate of drug-likeness (QED) is 0.738. The second-order valence-electron chi connectivity index (χ2n) is 5.21. The van der Waals surface area contributed by atoms with Crippen molar-refractivity contribution in [2.45, 2.75) is 39.5 Å². The van der Waals surface area contributed by atoms with Gasteiger partial charge >= 0.3 is 0 Å². The molecule has 0 spiro atoms. The third kappa shape index (κ3) is 4.39. The van der Waals surface area contributed by atoms with Crippen LogP contribution in [0.4, 0.5) is 0 Å². The van der Waals surface area contributed by atoms with Gasteiger partial charge in [-0.2, -0.15) is 0 Å². The third-order valence-electron chi connectivity index (χ3n) is 3.14. The summed E-state index contributed by atoms with van der Waals surface area (Å²) in [6.07, 6.45) is 3.96. The van der Waals surface area contributed by atoms with Crippen LogP contribution >= 0.6 is 0 Å². The summed E-state index contributed by atoms with van der Waals surface area (Å²) in [4.78, 5) is 22.8. The SMILES string of the molecule is CC(C)CCCCc1cccc(C(N)=O)c1C(N)=O. The topological polar surface area (TPSA) is 86.2 Å². The number of benzene rings is 1. The van der Waals surface area contributed by atoms with E-state index in [-0.39, 0.29) is 11.1 Å². The first-order chi connectivity index (χ1) is 8.93. The van der Waals surface area contributed by atoms with Crippen molar-refractivity contribution in [3.05, 3.63) is 34.9 Å². The van der Waals surface area contributed by atoms with Gasteiger partial charge in [0.2, 0.25) is 11.8 Å². The van der Waals surface area contributed by atoms with E-state index in [1.807, 2.05) is 6.07 Å². The standard InChI is InChI=1S/C15H22N2O2/c1-10(2)6-3-4-7-11-8-5-9-12(14(16)18)13(11)15(17)19/h5,8-10H,3-4,6-7H2,1-2H3,(H2,16,18)(H2,17,19). The molecule has 4 nitrogen and oxygen atoms in total. The monoisotopic (exact) mass is 262 g/mol. The van der Waals surface area contributed by atoms with E-state index in [0.717, 1.165) is 31.2 Å². The molecule has 0 saturated carbocycles. The van der Waals surface area contributed by atoms with Gasteiger partial charge < -0.3 is 11.5 Å². The van der Waals surface area contributed by atoms with Gasteiger partial charge in [0.05, 0.1) is 11.1 Å². The number of primary amides is 2. The van der Waals surface area contributed by atoms with Gasteiger partial charge in [-0.15, -0.1) is 0 Å². The Morgan fingerprint density at radius 1 is 1.11 bits per heavy atom. The molecule has 1 aromatic carbocycles. The molecule has 0 saturated heterocycles. The average Bonchev–Trinajstić information content (AvgIpc) is 2.33. The molecule has 0 heterocycles. The van der Waals surface area contributed by atoms with Crippen LogP contribution in [-0.2, 0) is 6.42 Å². The van der Waals surface area contributed by atoms with E-state index in [1.54, 1.807) is 12.1 Å². The van der Waals surface area contributed by atoms with E-state index >= 15 is 0 Å². The van der Waals surface area contributed by atoms with Crippen LogP contribution in [0.25, 0.3) is 0 Å². The lowest BCUT2D eigenvalue weighted by Gasteiger charge is -2.10. The maximum atomic E-state index is 11.5. The summed E-state index contributed by atoms with van der Waals surface area (Å²) < 4.78 is 0. The highest BCUT2D eigenvalue weighted by Gasteiger charge is 2.16. The van der Waals surface area contributed by atoms with Gasteiger partial charge in [-0.1, -0.05) is 38.8 Å². The number of unbranched alkanes of at least 4 members (excludes halogenated alkanes) is 1. The second kappa shape index (κ2) is 6.92. The van der Waals surface area contributed by atoms with Gasteiger partial charge in [-0.05, 0) is 30.4 Å². The molecule has 0 aromatic heterocycles. The number of nitrogens with two attached hydrogens (primary N) is 2. The summed E-state index contributed by atoms with van der Waals surface area (Å²) in [5.41, 5.74) is 11.9. The number of carbonyl (C=O) groups is 2. The Bertz CT molecular complexity index is 467. The van der Waals surface area contributed by atoms with E-state index in [4.69, 9.17) is 11.5 Å². The van der Waals surface area contributed by atoms with Crippen molar-refractivity contribution in [1.29, 1.82) is 0 Å². The Morgan fingerprint density at radius 3 is 2.32 bits per heavy atom. The Balaban J connectivity index is 2.85. The summed E-state index contributed by atoms with van der Waals surface area (Å²) in [6, 6.07) is 5.12. The highest BCUT2D eigenvalue weighted by Crippen LogP contribution is 2.18. The van der Waals surface area contributed by atoms with Crippen LogP contribution in [0.3, 0.4) is 0 Å². The largest absolute Gasteiger partial charge is 0.366 e. The van der Waals surface area contributed by atoms with Crippen LogP contribution in [0.15, 0.2) is 18.2 Å².